The van der Waals surface area contributed by atoms with Gasteiger partial charge in [-0.05, 0) is 0 Å². The number of carbonyl (C=O) groups excluding carboxylic acids is 2. The second-order valence-corrected chi connectivity index (χ2v) is 0.0833. The standard InChI is InChI=1S/CO2.BH3/c2-1-3;/h;1H3. The molecule has 0 radical (unpaired) electrons. The van der Waals surface area contributed by atoms with E-state index in [2.05, 4.69) is 0 Å². The molecule has 0 N–H and O–H groups in total. The highest BCUT2D eigenvalue weighted by atomic mass is 16.2. The Kier molecular flexibility index (Phi) is 63.6. The zero-order chi connectivity index (χ0) is 2.71. The molecule has 0 aliphatic rings. The van der Waals surface area contributed by atoms with Crippen LogP contribution in [0.2, 0.25) is 0 Å². The summed E-state index contributed by atoms with van der Waals surface area (Å²) in [5, 5.41) is 0. The van der Waals surface area contributed by atoms with Crippen LogP contribution in [0.3, 0.4) is 0 Å². The molecule has 0 aromatic heterocycles. The van der Waals surface area contributed by atoms with Crippen molar-refractivity contribution in [2.75, 3.05) is 0 Å². The zero-order valence-corrected chi connectivity index (χ0v) is 1.32. The molecule has 22 valence electrons. The average molecular weight is 57.8 g/mol. The third-order valence-electron chi connectivity index (χ3n) is 0. The molecule has 0 aliphatic heterocycles. The maximum Gasteiger partial charge on any atom is 0.373 e. The molecular weight excluding hydrogens is 54.8 g/mol. The van der Waals surface area contributed by atoms with Crippen LogP contribution in [0.25, 0.3) is 0 Å². The predicted molar refractivity (Wildman–Crippen MR) is 14.9 cm³/mol. The summed E-state index contributed by atoms with van der Waals surface area (Å²) in [6.45, 7) is 0. The van der Waals surface area contributed by atoms with E-state index < -0.39 is 0 Å². The van der Waals surface area contributed by atoms with Crippen molar-refractivity contribution in [1.29, 1.82) is 0 Å². The third-order valence-corrected chi connectivity index (χ3v) is 0. The molecule has 0 aromatic rings. The fourth-order valence-electron chi connectivity index (χ4n) is 0. The van der Waals surface area contributed by atoms with E-state index in [9.17, 15) is 0 Å². The van der Waals surface area contributed by atoms with Gasteiger partial charge >= 0.3 is 6.15 Å². The summed E-state index contributed by atoms with van der Waals surface area (Å²) < 4.78 is 0. The molecule has 0 rings (SSSR count). The molecule has 0 fully saturated rings. The van der Waals surface area contributed by atoms with Crippen LogP contribution < -0.4 is 0 Å². The molecule has 0 aromatic carbocycles. The summed E-state index contributed by atoms with van der Waals surface area (Å²) in [6, 6.07) is 0. The molecule has 2 nitrogen and oxygen atoms in total. The fraction of sp³-hybridized carbons (Fsp3) is 0. The molecule has 0 unspecified atom stereocenters. The topological polar surface area (TPSA) is 34.1 Å². The lowest BCUT2D eigenvalue weighted by molar-refractivity contribution is -0.191. The van der Waals surface area contributed by atoms with E-state index in [0.717, 1.165) is 0 Å². The van der Waals surface area contributed by atoms with Crippen molar-refractivity contribution in [2.24, 2.45) is 0 Å². The van der Waals surface area contributed by atoms with Crippen molar-refractivity contribution in [1.82, 2.24) is 0 Å². The van der Waals surface area contributed by atoms with Gasteiger partial charge in [-0.2, -0.15) is 9.59 Å². The van der Waals surface area contributed by atoms with Crippen molar-refractivity contribution in [3.63, 3.8) is 0 Å². The van der Waals surface area contributed by atoms with Crippen LogP contribution in [0.1, 0.15) is 0 Å². The summed E-state index contributed by atoms with van der Waals surface area (Å²) in [4.78, 5) is 16.2. The van der Waals surface area contributed by atoms with Gasteiger partial charge in [-0.1, -0.05) is 0 Å². The van der Waals surface area contributed by atoms with Gasteiger partial charge in [-0.25, -0.2) is 0 Å². The van der Waals surface area contributed by atoms with E-state index in [4.69, 9.17) is 9.59 Å². The SMILES string of the molecule is B.O=C=O. The Hall–Kier alpha value is -0.555. The minimum Gasteiger partial charge on any atom is -0.186 e. The Morgan fingerprint density at radius 3 is 1.25 bits per heavy atom. The number of hydrogen-bond acceptors (Lipinski definition) is 2. The normalized spacial score (nSPS) is 2.00. The van der Waals surface area contributed by atoms with Crippen LogP contribution in [0.15, 0.2) is 0 Å². The van der Waals surface area contributed by atoms with E-state index in [1.54, 1.807) is 0 Å². The maximum absolute atomic E-state index is 8.12. The van der Waals surface area contributed by atoms with Gasteiger partial charge < -0.3 is 0 Å². The van der Waals surface area contributed by atoms with Gasteiger partial charge in [-0.15, -0.1) is 0 Å². The molecule has 0 saturated heterocycles. The monoisotopic (exact) mass is 58.0 g/mol. The highest BCUT2D eigenvalue weighted by Crippen LogP contribution is 0.787. The van der Waals surface area contributed by atoms with Crippen LogP contribution >= 0.6 is 0 Å². The first-order valence-electron chi connectivity index (χ1n) is 0.408. The van der Waals surface area contributed by atoms with E-state index in [-0.39, 0.29) is 14.6 Å². The van der Waals surface area contributed by atoms with E-state index in [1.165, 1.54) is 0 Å². The minimum atomic E-state index is 0. The second-order valence-electron chi connectivity index (χ2n) is 0.0833. The van der Waals surface area contributed by atoms with Gasteiger partial charge in [0, 0.05) is 0 Å². The Bertz CT molecular complexity index is 27.0. The van der Waals surface area contributed by atoms with Crippen LogP contribution in [0.4, 0.5) is 0 Å². The van der Waals surface area contributed by atoms with E-state index in [1.807, 2.05) is 0 Å². The first-order chi connectivity index (χ1) is 1.41. The molecule has 4 heavy (non-hydrogen) atoms. The molecular formula is CH3BO2. The van der Waals surface area contributed by atoms with Gasteiger partial charge in [0.25, 0.3) is 0 Å². The predicted octanol–water partition coefficient (Wildman–Crippen LogP) is -1.77. The molecule has 0 saturated carbocycles. The van der Waals surface area contributed by atoms with Crippen LogP contribution in [0.5, 0.6) is 0 Å². The van der Waals surface area contributed by atoms with Gasteiger partial charge in [-0.3, -0.25) is 0 Å². The molecule has 0 heterocycles. The quantitative estimate of drug-likeness (QED) is 0.309. The van der Waals surface area contributed by atoms with Gasteiger partial charge in [0.05, 0.1) is 8.41 Å². The van der Waals surface area contributed by atoms with Crippen LogP contribution in [0, 0.1) is 0 Å². The van der Waals surface area contributed by atoms with Crippen molar-refractivity contribution in [3.05, 3.63) is 0 Å². The number of rotatable bonds is 0. The van der Waals surface area contributed by atoms with Gasteiger partial charge in [0.2, 0.25) is 0 Å². The van der Waals surface area contributed by atoms with E-state index >= 15 is 0 Å². The summed E-state index contributed by atoms with van der Waals surface area (Å²) >= 11 is 0. The highest BCUT2D eigenvalue weighted by molar-refractivity contribution is 5.75. The zero-order valence-electron chi connectivity index (χ0n) is 1.32. The van der Waals surface area contributed by atoms with Crippen molar-refractivity contribution >= 4 is 14.6 Å². The largest absolute Gasteiger partial charge is 0.373 e. The second kappa shape index (κ2) is 25.8. The Balaban J connectivity index is 0. The highest BCUT2D eigenvalue weighted by Gasteiger charge is 1.13. The molecule has 0 atom stereocenters. The summed E-state index contributed by atoms with van der Waals surface area (Å²) in [5.74, 6) is 0. The average Bonchev–Trinajstić information content (AvgIpc) is 0.918. The first-order valence-corrected chi connectivity index (χ1v) is 0.408. The number of hydrogen-bond donors (Lipinski definition) is 0. The van der Waals surface area contributed by atoms with Crippen molar-refractivity contribution < 1.29 is 9.59 Å². The molecule has 0 bridgehead atoms. The summed E-state index contributed by atoms with van der Waals surface area (Å²) in [5.41, 5.74) is 0. The molecule has 0 amide bonds. The Morgan fingerprint density at radius 1 is 1.25 bits per heavy atom. The van der Waals surface area contributed by atoms with E-state index in [0.29, 0.717) is 0 Å². The Labute approximate surface area is 25.4 Å². The summed E-state index contributed by atoms with van der Waals surface area (Å²) in [7, 11) is 0. The molecule has 0 spiro atoms. The Morgan fingerprint density at radius 2 is 1.25 bits per heavy atom. The van der Waals surface area contributed by atoms with Crippen molar-refractivity contribution in [2.45, 2.75) is 0 Å². The van der Waals surface area contributed by atoms with Crippen LogP contribution in [-0.2, 0) is 9.59 Å². The third kappa shape index (κ3) is 0.928. The lowest BCUT2D eigenvalue weighted by Gasteiger charge is -0.945. The maximum atomic E-state index is 8.12. The first kappa shape index (κ1) is 9.86. The molecule has 0 aliphatic carbocycles. The smallest absolute Gasteiger partial charge is 0.186 e. The van der Waals surface area contributed by atoms with Gasteiger partial charge in [0.1, 0.15) is 0 Å². The summed E-state index contributed by atoms with van der Waals surface area (Å²) in [6.07, 6.45) is 0.250. The van der Waals surface area contributed by atoms with Crippen molar-refractivity contribution in [3.8, 4) is 0 Å². The van der Waals surface area contributed by atoms with Crippen LogP contribution in [-0.4, -0.2) is 14.6 Å². The van der Waals surface area contributed by atoms with Gasteiger partial charge in [0.15, 0.2) is 0 Å². The minimum absolute atomic E-state index is 0. The lowest BCUT2D eigenvalue weighted by Crippen LogP contribution is -1.22. The molecule has 3 heteroatoms. The lowest BCUT2D eigenvalue weighted by atomic mass is 10.8. The fourth-order valence-corrected chi connectivity index (χ4v) is 0.